The number of carbonyl (C=O) groups excluding carboxylic acids is 1. The number of nitrogens with zero attached hydrogens (tertiary/aromatic N) is 1. The van der Waals surface area contributed by atoms with Crippen molar-refractivity contribution < 1.29 is 14.2 Å². The molecule has 0 aliphatic rings. The molecular weight excluding hydrogens is 233 g/mol. The van der Waals surface area contributed by atoms with Gasteiger partial charge in [-0.15, -0.1) is 0 Å². The van der Waals surface area contributed by atoms with E-state index in [1.165, 1.54) is 6.08 Å². The molecule has 1 aromatic rings. The second-order valence-corrected chi connectivity index (χ2v) is 3.63. The first-order valence-electron chi connectivity index (χ1n) is 5.85. The number of carbonyl (C=O) groups is 1. The van der Waals surface area contributed by atoms with Crippen molar-refractivity contribution in [3.8, 4) is 0 Å². The summed E-state index contributed by atoms with van der Waals surface area (Å²) in [5, 5.41) is 0. The van der Waals surface area contributed by atoms with Crippen LogP contribution in [0.4, 0.5) is 4.70 Å². The van der Waals surface area contributed by atoms with Crippen LogP contribution in [-0.2, 0) is 9.53 Å². The summed E-state index contributed by atoms with van der Waals surface area (Å²) >= 11 is 0. The third-order valence-electron chi connectivity index (χ3n) is 2.62. The van der Waals surface area contributed by atoms with Gasteiger partial charge in [0.05, 0.1) is 0 Å². The van der Waals surface area contributed by atoms with Crippen LogP contribution in [0, 0.1) is 0 Å². The number of benzene rings is 1. The lowest BCUT2D eigenvalue weighted by molar-refractivity contribution is -0.153. The van der Waals surface area contributed by atoms with Gasteiger partial charge in [0.15, 0.2) is 6.23 Å². The molecule has 0 aromatic heterocycles. The molecule has 1 atom stereocenters. The van der Waals surface area contributed by atoms with Gasteiger partial charge < -0.3 is 4.74 Å². The van der Waals surface area contributed by atoms with Crippen LogP contribution >= 0.6 is 0 Å². The minimum absolute atomic E-state index is 0. The van der Waals surface area contributed by atoms with Crippen molar-refractivity contribution in [1.29, 1.82) is 0 Å². The Kier molecular flexibility index (Phi) is 7.63. The van der Waals surface area contributed by atoms with Crippen LogP contribution in [0.2, 0.25) is 0 Å². The van der Waals surface area contributed by atoms with Crippen LogP contribution in [0.5, 0.6) is 0 Å². The first kappa shape index (κ1) is 16.3. The van der Waals surface area contributed by atoms with Gasteiger partial charge in [0.1, 0.15) is 0 Å². The molecule has 0 saturated carbocycles. The Balaban J connectivity index is 0.00000289. The van der Waals surface area contributed by atoms with Crippen LogP contribution in [-0.4, -0.2) is 24.0 Å². The van der Waals surface area contributed by atoms with Gasteiger partial charge in [-0.2, -0.15) is 0 Å². The summed E-state index contributed by atoms with van der Waals surface area (Å²) in [6.07, 6.45) is 0.857. The zero-order chi connectivity index (χ0) is 12.7. The van der Waals surface area contributed by atoms with Crippen LogP contribution < -0.4 is 0 Å². The van der Waals surface area contributed by atoms with Gasteiger partial charge in [-0.25, -0.2) is 4.79 Å². The number of halogens is 1. The summed E-state index contributed by atoms with van der Waals surface area (Å²) in [7, 11) is 0. The molecule has 0 aliphatic heterocycles. The average Bonchev–Trinajstić information content (AvgIpc) is 2.39. The predicted molar refractivity (Wildman–Crippen MR) is 70.9 cm³/mol. The summed E-state index contributed by atoms with van der Waals surface area (Å²) < 4.78 is 5.40. The molecular formula is C14H20FNO2. The zero-order valence-electron chi connectivity index (χ0n) is 10.8. The largest absolute Gasteiger partial charge is 0.439 e. The number of hydrogen-bond acceptors (Lipinski definition) is 3. The first-order valence-corrected chi connectivity index (χ1v) is 5.85. The number of hydrogen-bond donors (Lipinski definition) is 0. The van der Waals surface area contributed by atoms with Crippen LogP contribution in [0.25, 0.3) is 0 Å². The maximum Gasteiger partial charge on any atom is 0.331 e. The monoisotopic (exact) mass is 253 g/mol. The molecule has 0 aliphatic carbocycles. The molecule has 18 heavy (non-hydrogen) atoms. The lowest BCUT2D eigenvalue weighted by Gasteiger charge is -2.29. The van der Waals surface area contributed by atoms with E-state index in [1.54, 1.807) is 0 Å². The molecule has 3 nitrogen and oxygen atoms in total. The van der Waals surface area contributed by atoms with Crippen molar-refractivity contribution in [2.75, 3.05) is 13.1 Å². The fourth-order valence-corrected chi connectivity index (χ4v) is 1.68. The van der Waals surface area contributed by atoms with E-state index in [4.69, 9.17) is 4.74 Å². The van der Waals surface area contributed by atoms with Gasteiger partial charge in [0.25, 0.3) is 0 Å². The van der Waals surface area contributed by atoms with Crippen molar-refractivity contribution in [3.63, 3.8) is 0 Å². The highest BCUT2D eigenvalue weighted by Crippen LogP contribution is 2.21. The Morgan fingerprint density at radius 3 is 2.33 bits per heavy atom. The molecule has 0 N–H and O–H groups in total. The van der Waals surface area contributed by atoms with E-state index in [2.05, 4.69) is 11.5 Å². The molecule has 1 aromatic carbocycles. The van der Waals surface area contributed by atoms with Gasteiger partial charge in [-0.1, -0.05) is 50.8 Å². The van der Waals surface area contributed by atoms with Crippen LogP contribution in [0.1, 0.15) is 25.6 Å². The van der Waals surface area contributed by atoms with Gasteiger partial charge >= 0.3 is 5.97 Å². The second kappa shape index (κ2) is 8.42. The molecule has 0 fully saturated rings. The SMILES string of the molecule is C=CC(=O)OC(c1ccccc1)N(CC)CC.F. The Labute approximate surface area is 107 Å². The van der Waals surface area contributed by atoms with E-state index in [0.717, 1.165) is 18.7 Å². The summed E-state index contributed by atoms with van der Waals surface area (Å²) in [5.41, 5.74) is 0.978. The van der Waals surface area contributed by atoms with Crippen molar-refractivity contribution in [2.24, 2.45) is 0 Å². The Morgan fingerprint density at radius 1 is 1.33 bits per heavy atom. The normalized spacial score (nSPS) is 11.5. The van der Waals surface area contributed by atoms with Crippen molar-refractivity contribution >= 4 is 5.97 Å². The number of esters is 1. The lowest BCUT2D eigenvalue weighted by Crippen LogP contribution is -2.31. The Hall–Kier alpha value is -1.68. The maximum atomic E-state index is 11.4. The smallest absolute Gasteiger partial charge is 0.331 e. The molecule has 1 rings (SSSR count). The van der Waals surface area contributed by atoms with Crippen molar-refractivity contribution in [3.05, 3.63) is 48.6 Å². The Morgan fingerprint density at radius 2 is 1.89 bits per heavy atom. The highest BCUT2D eigenvalue weighted by atomic mass is 19.0. The lowest BCUT2D eigenvalue weighted by atomic mass is 10.2. The third kappa shape index (κ3) is 4.30. The minimum atomic E-state index is -0.397. The van der Waals surface area contributed by atoms with Gasteiger partial charge in [-0.3, -0.25) is 9.60 Å². The van der Waals surface area contributed by atoms with Gasteiger partial charge in [0, 0.05) is 11.6 Å². The number of ether oxygens (including phenoxy) is 1. The van der Waals surface area contributed by atoms with Gasteiger partial charge in [-0.05, 0) is 13.1 Å². The first-order chi connectivity index (χ1) is 8.22. The Bertz CT molecular complexity index is 363. The fraction of sp³-hybridized carbons (Fsp3) is 0.357. The summed E-state index contributed by atoms with van der Waals surface area (Å²) in [6, 6.07) is 9.73. The van der Waals surface area contributed by atoms with Crippen LogP contribution in [0.3, 0.4) is 0 Å². The maximum absolute atomic E-state index is 11.4. The summed E-state index contributed by atoms with van der Waals surface area (Å²) in [6.45, 7) is 9.15. The fourth-order valence-electron chi connectivity index (χ4n) is 1.68. The van der Waals surface area contributed by atoms with E-state index in [0.29, 0.717) is 0 Å². The van der Waals surface area contributed by atoms with Gasteiger partial charge in [0.2, 0.25) is 0 Å². The van der Waals surface area contributed by atoms with E-state index in [1.807, 2.05) is 44.2 Å². The highest BCUT2D eigenvalue weighted by molar-refractivity contribution is 5.81. The minimum Gasteiger partial charge on any atom is -0.439 e. The quantitative estimate of drug-likeness (QED) is 0.443. The molecule has 0 saturated heterocycles. The molecule has 100 valence electrons. The van der Waals surface area contributed by atoms with E-state index < -0.39 is 5.97 Å². The standard InChI is InChI=1S/C14H19NO2.FH/c1-4-13(16)17-14(15(5-2)6-3)12-10-8-7-9-11-12;/h4,7-11,14H,1,5-6H2,2-3H3;1H. The van der Waals surface area contributed by atoms with Crippen molar-refractivity contribution in [2.45, 2.75) is 20.1 Å². The highest BCUT2D eigenvalue weighted by Gasteiger charge is 2.20. The number of rotatable bonds is 6. The third-order valence-corrected chi connectivity index (χ3v) is 2.62. The summed E-state index contributed by atoms with van der Waals surface area (Å²) in [5.74, 6) is -0.397. The average molecular weight is 253 g/mol. The second-order valence-electron chi connectivity index (χ2n) is 3.63. The molecule has 1 unspecified atom stereocenters. The molecule has 0 amide bonds. The molecule has 0 heterocycles. The van der Waals surface area contributed by atoms with E-state index >= 15 is 0 Å². The van der Waals surface area contributed by atoms with E-state index in [9.17, 15) is 4.79 Å². The van der Waals surface area contributed by atoms with Crippen molar-refractivity contribution in [1.82, 2.24) is 4.90 Å². The molecule has 0 radical (unpaired) electrons. The van der Waals surface area contributed by atoms with Crippen LogP contribution in [0.15, 0.2) is 43.0 Å². The predicted octanol–water partition coefficient (Wildman–Crippen LogP) is 2.91. The molecule has 4 heteroatoms. The summed E-state index contributed by atoms with van der Waals surface area (Å²) in [4.78, 5) is 13.4. The zero-order valence-corrected chi connectivity index (χ0v) is 10.8. The molecule has 0 spiro atoms. The topological polar surface area (TPSA) is 29.5 Å². The molecule has 0 bridgehead atoms. The van der Waals surface area contributed by atoms with E-state index in [-0.39, 0.29) is 10.9 Å².